The Kier molecular flexibility index (Phi) is 3.68. The zero-order chi connectivity index (χ0) is 13.2. The fraction of sp³-hybridized carbons (Fsp3) is 0.417. The predicted molar refractivity (Wildman–Crippen MR) is 69.3 cm³/mol. The molecular weight excluding hydrogens is 252 g/mol. The molecule has 0 amide bonds. The van der Waals surface area contributed by atoms with Gasteiger partial charge >= 0.3 is 0 Å². The van der Waals surface area contributed by atoms with Crippen LogP contribution in [0.1, 0.15) is 12.3 Å². The number of fused-ring (bicyclic) bond motifs is 1. The van der Waals surface area contributed by atoms with Gasteiger partial charge in [-0.2, -0.15) is 0 Å². The summed E-state index contributed by atoms with van der Waals surface area (Å²) in [5.41, 5.74) is 1.20. The summed E-state index contributed by atoms with van der Waals surface area (Å²) in [6, 6.07) is 4.81. The van der Waals surface area contributed by atoms with Crippen LogP contribution in [0.5, 0.6) is 0 Å². The summed E-state index contributed by atoms with van der Waals surface area (Å²) in [7, 11) is -1.44. The summed E-state index contributed by atoms with van der Waals surface area (Å²) >= 11 is 0. The van der Waals surface area contributed by atoms with Gasteiger partial charge in [-0.15, -0.1) is 0 Å². The summed E-state index contributed by atoms with van der Waals surface area (Å²) in [5.74, 6) is 0.668. The van der Waals surface area contributed by atoms with Crippen LogP contribution in [0.2, 0.25) is 0 Å². The fourth-order valence-electron chi connectivity index (χ4n) is 1.77. The summed E-state index contributed by atoms with van der Waals surface area (Å²) in [4.78, 5) is 4.43. The molecule has 18 heavy (non-hydrogen) atoms. The molecule has 5 nitrogen and oxygen atoms in total. The lowest BCUT2D eigenvalue weighted by Crippen LogP contribution is -2.14. The average Bonchev–Trinajstić information content (AvgIpc) is 2.68. The van der Waals surface area contributed by atoms with E-state index in [-0.39, 0.29) is 5.75 Å². The molecule has 6 heteroatoms. The van der Waals surface area contributed by atoms with E-state index < -0.39 is 9.84 Å². The number of oxazole rings is 1. The first-order valence-corrected chi connectivity index (χ1v) is 7.43. The fourth-order valence-corrected chi connectivity index (χ4v) is 3.09. The van der Waals surface area contributed by atoms with E-state index in [4.69, 9.17) is 4.42 Å². The average molecular weight is 268 g/mol. The van der Waals surface area contributed by atoms with E-state index >= 15 is 0 Å². The van der Waals surface area contributed by atoms with Crippen LogP contribution < -0.4 is 5.32 Å². The van der Waals surface area contributed by atoms with Crippen molar-refractivity contribution >= 4 is 20.9 Å². The molecule has 98 valence electrons. The predicted octanol–water partition coefficient (Wildman–Crippen LogP) is 1.52. The van der Waals surface area contributed by atoms with Crippen molar-refractivity contribution in [1.82, 2.24) is 10.3 Å². The molecule has 0 radical (unpaired) electrons. The van der Waals surface area contributed by atoms with Gasteiger partial charge in [-0.1, -0.05) is 0 Å². The molecule has 0 fully saturated rings. The second kappa shape index (κ2) is 5.07. The Morgan fingerprint density at radius 3 is 2.89 bits per heavy atom. The Morgan fingerprint density at radius 1 is 1.39 bits per heavy atom. The maximum absolute atomic E-state index is 12.1. The van der Waals surface area contributed by atoms with Crippen LogP contribution in [0.15, 0.2) is 27.5 Å². The summed E-state index contributed by atoms with van der Waals surface area (Å²) in [6.45, 7) is 2.42. The van der Waals surface area contributed by atoms with Gasteiger partial charge in [-0.25, -0.2) is 13.4 Å². The van der Waals surface area contributed by atoms with Crippen molar-refractivity contribution in [3.8, 4) is 0 Å². The van der Waals surface area contributed by atoms with Crippen LogP contribution in [0.25, 0.3) is 11.1 Å². The highest BCUT2D eigenvalue weighted by Gasteiger charge is 2.15. The summed E-state index contributed by atoms with van der Waals surface area (Å²) < 4.78 is 29.5. The molecule has 1 aromatic carbocycles. The maximum atomic E-state index is 12.1. The first kappa shape index (κ1) is 13.0. The monoisotopic (exact) mass is 268 g/mol. The zero-order valence-corrected chi connectivity index (χ0v) is 11.3. The van der Waals surface area contributed by atoms with Crippen LogP contribution in [0, 0.1) is 6.92 Å². The van der Waals surface area contributed by atoms with Gasteiger partial charge in [0.2, 0.25) is 0 Å². The van der Waals surface area contributed by atoms with Crippen molar-refractivity contribution in [2.45, 2.75) is 18.2 Å². The van der Waals surface area contributed by atoms with Crippen LogP contribution in [0.4, 0.5) is 0 Å². The minimum absolute atomic E-state index is 0.131. The van der Waals surface area contributed by atoms with Crippen molar-refractivity contribution in [1.29, 1.82) is 0 Å². The zero-order valence-electron chi connectivity index (χ0n) is 10.4. The molecule has 0 saturated carbocycles. The number of aryl methyl sites for hydroxylation is 1. The molecule has 0 aliphatic carbocycles. The topological polar surface area (TPSA) is 72.2 Å². The molecule has 2 rings (SSSR count). The lowest BCUT2D eigenvalue weighted by Gasteiger charge is -2.03. The molecular formula is C12H16N2O3S. The second-order valence-corrected chi connectivity index (χ2v) is 6.25. The minimum Gasteiger partial charge on any atom is -0.441 e. The molecule has 2 aromatic rings. The number of rotatable bonds is 5. The van der Waals surface area contributed by atoms with Gasteiger partial charge in [0.25, 0.3) is 0 Å². The number of hydrogen-bond donors (Lipinski definition) is 1. The first-order chi connectivity index (χ1) is 8.53. The Balaban J connectivity index is 2.29. The van der Waals surface area contributed by atoms with Gasteiger partial charge in [0.15, 0.2) is 21.3 Å². The summed E-state index contributed by atoms with van der Waals surface area (Å²) in [6.07, 6.45) is 0.590. The van der Waals surface area contributed by atoms with Crippen LogP contribution in [-0.4, -0.2) is 32.7 Å². The third-order valence-electron chi connectivity index (χ3n) is 2.67. The van der Waals surface area contributed by atoms with Crippen molar-refractivity contribution in [2.75, 3.05) is 19.3 Å². The Morgan fingerprint density at radius 2 is 2.17 bits per heavy atom. The third-order valence-corrected chi connectivity index (χ3v) is 4.46. The van der Waals surface area contributed by atoms with Gasteiger partial charge in [0, 0.05) is 13.0 Å². The molecule has 0 aliphatic heterocycles. The first-order valence-electron chi connectivity index (χ1n) is 5.77. The Hall–Kier alpha value is -1.40. The quantitative estimate of drug-likeness (QED) is 0.832. The van der Waals surface area contributed by atoms with Gasteiger partial charge in [0.1, 0.15) is 5.52 Å². The highest BCUT2D eigenvalue weighted by molar-refractivity contribution is 7.91. The molecule has 0 unspecified atom stereocenters. The Labute approximate surface area is 106 Å². The number of sulfone groups is 1. The van der Waals surface area contributed by atoms with Crippen molar-refractivity contribution < 1.29 is 12.8 Å². The van der Waals surface area contributed by atoms with E-state index in [9.17, 15) is 8.42 Å². The largest absolute Gasteiger partial charge is 0.441 e. The Bertz CT molecular complexity index is 646. The molecule has 0 atom stereocenters. The number of nitrogens with zero attached hydrogens (tertiary/aromatic N) is 1. The van der Waals surface area contributed by atoms with Gasteiger partial charge < -0.3 is 9.73 Å². The van der Waals surface area contributed by atoms with Crippen LogP contribution in [0.3, 0.4) is 0 Å². The van der Waals surface area contributed by atoms with Crippen LogP contribution in [-0.2, 0) is 9.84 Å². The number of nitrogens with one attached hydrogen (secondary N) is 1. The van der Waals surface area contributed by atoms with Gasteiger partial charge in [0.05, 0.1) is 10.6 Å². The van der Waals surface area contributed by atoms with E-state index in [0.29, 0.717) is 34.9 Å². The molecule has 0 spiro atoms. The minimum atomic E-state index is -3.24. The van der Waals surface area contributed by atoms with E-state index in [1.165, 1.54) is 0 Å². The van der Waals surface area contributed by atoms with Crippen molar-refractivity contribution in [2.24, 2.45) is 0 Å². The standard InChI is InChI=1S/C12H16N2O3S/c1-9-14-11-5-4-10(8-12(11)17-9)18(15,16)7-3-6-13-2/h4-5,8,13H,3,6-7H2,1-2H3. The molecule has 1 aromatic heterocycles. The lowest BCUT2D eigenvalue weighted by atomic mass is 10.3. The molecule has 1 N–H and O–H groups in total. The lowest BCUT2D eigenvalue weighted by molar-refractivity contribution is 0.559. The number of benzene rings is 1. The van der Waals surface area contributed by atoms with Crippen molar-refractivity contribution in [3.05, 3.63) is 24.1 Å². The van der Waals surface area contributed by atoms with Crippen LogP contribution >= 0.6 is 0 Å². The number of aromatic nitrogens is 1. The molecule has 1 heterocycles. The highest BCUT2D eigenvalue weighted by Crippen LogP contribution is 2.20. The van der Waals surface area contributed by atoms with Gasteiger partial charge in [-0.3, -0.25) is 0 Å². The maximum Gasteiger partial charge on any atom is 0.192 e. The summed E-state index contributed by atoms with van der Waals surface area (Å²) in [5, 5.41) is 2.93. The second-order valence-electron chi connectivity index (χ2n) is 4.14. The van der Waals surface area contributed by atoms with E-state index in [1.807, 2.05) is 0 Å². The third kappa shape index (κ3) is 2.70. The number of hydrogen-bond acceptors (Lipinski definition) is 5. The van der Waals surface area contributed by atoms with E-state index in [1.54, 1.807) is 32.2 Å². The normalized spacial score (nSPS) is 12.1. The molecule has 0 saturated heterocycles. The smallest absolute Gasteiger partial charge is 0.192 e. The van der Waals surface area contributed by atoms with E-state index in [0.717, 1.165) is 0 Å². The SMILES string of the molecule is CNCCCS(=O)(=O)c1ccc2nc(C)oc2c1. The van der Waals surface area contributed by atoms with E-state index in [2.05, 4.69) is 10.3 Å². The van der Waals surface area contributed by atoms with Gasteiger partial charge in [-0.05, 0) is 32.1 Å². The molecule has 0 bridgehead atoms. The molecule has 0 aliphatic rings. The van der Waals surface area contributed by atoms with Crippen molar-refractivity contribution in [3.63, 3.8) is 0 Å². The highest BCUT2D eigenvalue weighted by atomic mass is 32.2.